The third-order valence-electron chi connectivity index (χ3n) is 4.36. The number of amides is 1. The Kier molecular flexibility index (Phi) is 2.92. The van der Waals surface area contributed by atoms with Crippen LogP contribution in [0.1, 0.15) is 31.2 Å². The fourth-order valence-electron chi connectivity index (χ4n) is 2.95. The van der Waals surface area contributed by atoms with Crippen molar-refractivity contribution in [1.29, 1.82) is 0 Å². The molecule has 1 aliphatic carbocycles. The Balaban J connectivity index is 1.87. The monoisotopic (exact) mass is 274 g/mol. The van der Waals surface area contributed by atoms with E-state index >= 15 is 0 Å². The number of hydrogen-bond donors (Lipinski definition) is 1. The van der Waals surface area contributed by atoms with Crippen LogP contribution in [0.4, 0.5) is 5.69 Å². The summed E-state index contributed by atoms with van der Waals surface area (Å²) in [6.45, 7) is 0.685. The van der Waals surface area contributed by atoms with Crippen LogP contribution in [0.3, 0.4) is 0 Å². The predicted octanol–water partition coefficient (Wildman–Crippen LogP) is 1.78. The van der Waals surface area contributed by atoms with E-state index in [2.05, 4.69) is 0 Å². The number of carbonyl (C=O) groups excluding carboxylic acids is 1. The van der Waals surface area contributed by atoms with Crippen LogP contribution >= 0.6 is 0 Å². The fraction of sp³-hybridized carbons (Fsp3) is 0.467. The summed E-state index contributed by atoms with van der Waals surface area (Å²) in [5.41, 5.74) is 1.85. The third-order valence-corrected chi connectivity index (χ3v) is 4.36. The predicted molar refractivity (Wildman–Crippen MR) is 74.3 cm³/mol. The maximum atomic E-state index is 11.6. The molecule has 0 radical (unpaired) electrons. The van der Waals surface area contributed by atoms with Crippen molar-refractivity contribution in [2.24, 2.45) is 0 Å². The molecule has 1 saturated heterocycles. The van der Waals surface area contributed by atoms with Crippen LogP contribution < -0.4 is 5.01 Å². The van der Waals surface area contributed by atoms with Crippen LogP contribution in [0.25, 0.3) is 0 Å². The van der Waals surface area contributed by atoms with Gasteiger partial charge in [-0.05, 0) is 30.5 Å². The molecular weight excluding hydrogens is 256 g/mol. The summed E-state index contributed by atoms with van der Waals surface area (Å²) >= 11 is 0. The first-order valence-corrected chi connectivity index (χ1v) is 6.88. The number of anilines is 1. The van der Waals surface area contributed by atoms with Crippen molar-refractivity contribution in [2.75, 3.05) is 18.6 Å². The zero-order valence-corrected chi connectivity index (χ0v) is 11.5. The second kappa shape index (κ2) is 4.51. The van der Waals surface area contributed by atoms with Gasteiger partial charge < -0.3 is 5.11 Å². The molecule has 1 aromatic carbocycles. The molecule has 106 valence electrons. The molecule has 20 heavy (non-hydrogen) atoms. The van der Waals surface area contributed by atoms with Gasteiger partial charge in [0.2, 0.25) is 5.91 Å². The number of carboxylic acid groups (broad SMARTS) is 1. The smallest absolute Gasteiger partial charge is 0.304 e. The molecule has 1 N–H and O–H groups in total. The van der Waals surface area contributed by atoms with E-state index < -0.39 is 5.97 Å². The first-order chi connectivity index (χ1) is 9.52. The Bertz CT molecular complexity index is 566. The average molecular weight is 274 g/mol. The van der Waals surface area contributed by atoms with Crippen molar-refractivity contribution in [3.05, 3.63) is 29.8 Å². The number of hydrogen-bond acceptors (Lipinski definition) is 3. The lowest BCUT2D eigenvalue weighted by atomic mass is 9.92. The standard InChI is InChI=1S/C15H18N2O3/c1-16-13(18)5-8-17(16)12-4-2-3-11(9-12)15(6-7-15)10-14(19)20/h2-4,9H,5-8,10H2,1H3,(H,19,20). The van der Waals surface area contributed by atoms with Crippen LogP contribution in [0, 0.1) is 0 Å². The molecule has 0 atom stereocenters. The molecule has 5 heteroatoms. The van der Waals surface area contributed by atoms with Crippen molar-refractivity contribution >= 4 is 17.6 Å². The summed E-state index contributed by atoms with van der Waals surface area (Å²) in [6.07, 6.45) is 2.57. The van der Waals surface area contributed by atoms with Gasteiger partial charge in [0.05, 0.1) is 12.1 Å². The van der Waals surface area contributed by atoms with Gasteiger partial charge in [0.1, 0.15) is 0 Å². The van der Waals surface area contributed by atoms with Gasteiger partial charge in [0.25, 0.3) is 0 Å². The number of benzene rings is 1. The molecule has 5 nitrogen and oxygen atoms in total. The van der Waals surface area contributed by atoms with Gasteiger partial charge in [-0.2, -0.15) is 0 Å². The third kappa shape index (κ3) is 2.13. The van der Waals surface area contributed by atoms with Crippen LogP contribution in [0.15, 0.2) is 24.3 Å². The van der Waals surface area contributed by atoms with Gasteiger partial charge in [-0.3, -0.25) is 19.6 Å². The maximum absolute atomic E-state index is 11.6. The lowest BCUT2D eigenvalue weighted by Gasteiger charge is -2.27. The highest BCUT2D eigenvalue weighted by molar-refractivity contribution is 5.81. The quantitative estimate of drug-likeness (QED) is 0.909. The molecule has 0 spiro atoms. The minimum absolute atomic E-state index is 0.113. The number of carboxylic acids is 1. The van der Waals surface area contributed by atoms with Gasteiger partial charge in [0.15, 0.2) is 0 Å². The second-order valence-corrected chi connectivity index (χ2v) is 5.69. The summed E-state index contributed by atoms with van der Waals surface area (Å²) in [7, 11) is 1.77. The highest BCUT2D eigenvalue weighted by Crippen LogP contribution is 2.51. The second-order valence-electron chi connectivity index (χ2n) is 5.69. The van der Waals surface area contributed by atoms with Gasteiger partial charge in [-0.1, -0.05) is 12.1 Å². The van der Waals surface area contributed by atoms with Crippen LogP contribution in [-0.2, 0) is 15.0 Å². The van der Waals surface area contributed by atoms with Crippen molar-refractivity contribution < 1.29 is 14.7 Å². The highest BCUT2D eigenvalue weighted by atomic mass is 16.4. The molecule has 1 heterocycles. The lowest BCUT2D eigenvalue weighted by Crippen LogP contribution is -2.35. The number of rotatable bonds is 4. The molecule has 1 saturated carbocycles. The average Bonchev–Trinajstić information content (AvgIpc) is 3.11. The summed E-state index contributed by atoms with van der Waals surface area (Å²) < 4.78 is 0. The lowest BCUT2D eigenvalue weighted by molar-refractivity contribution is -0.137. The normalized spacial score (nSPS) is 20.4. The Morgan fingerprint density at radius 1 is 1.40 bits per heavy atom. The zero-order valence-electron chi connectivity index (χ0n) is 11.5. The van der Waals surface area contributed by atoms with Crippen molar-refractivity contribution in [3.63, 3.8) is 0 Å². The fourth-order valence-corrected chi connectivity index (χ4v) is 2.95. The van der Waals surface area contributed by atoms with Crippen molar-refractivity contribution in [3.8, 4) is 0 Å². The van der Waals surface area contributed by atoms with Gasteiger partial charge >= 0.3 is 5.97 Å². The molecule has 0 bridgehead atoms. The summed E-state index contributed by atoms with van der Waals surface area (Å²) in [6, 6.07) is 7.95. The number of nitrogens with zero attached hydrogens (tertiary/aromatic N) is 2. The summed E-state index contributed by atoms with van der Waals surface area (Å²) in [5, 5.41) is 12.6. The van der Waals surface area contributed by atoms with Crippen molar-refractivity contribution in [2.45, 2.75) is 31.1 Å². The van der Waals surface area contributed by atoms with E-state index in [0.29, 0.717) is 13.0 Å². The molecule has 1 aromatic rings. The van der Waals surface area contributed by atoms with E-state index in [9.17, 15) is 9.59 Å². The Hall–Kier alpha value is -2.04. The number of hydrazine groups is 1. The van der Waals surface area contributed by atoms with E-state index in [4.69, 9.17) is 5.11 Å². The van der Waals surface area contributed by atoms with Crippen molar-refractivity contribution in [1.82, 2.24) is 5.01 Å². The first-order valence-electron chi connectivity index (χ1n) is 6.88. The van der Waals surface area contributed by atoms with E-state index in [1.54, 1.807) is 12.1 Å². The van der Waals surface area contributed by atoms with E-state index in [1.807, 2.05) is 29.3 Å². The minimum Gasteiger partial charge on any atom is -0.481 e. The SMILES string of the molecule is CN1C(=O)CCN1c1cccc(C2(CC(=O)O)CC2)c1. The molecule has 0 aromatic heterocycles. The Labute approximate surface area is 117 Å². The molecule has 1 amide bonds. The molecular formula is C15H18N2O3. The Morgan fingerprint density at radius 3 is 2.70 bits per heavy atom. The topological polar surface area (TPSA) is 60.9 Å². The summed E-state index contributed by atoms with van der Waals surface area (Å²) in [4.78, 5) is 22.6. The summed E-state index contributed by atoms with van der Waals surface area (Å²) in [5.74, 6) is -0.636. The number of carbonyl (C=O) groups is 2. The molecule has 1 aliphatic heterocycles. The van der Waals surface area contributed by atoms with E-state index in [1.165, 1.54) is 0 Å². The molecule has 0 unspecified atom stereocenters. The highest BCUT2D eigenvalue weighted by Gasteiger charge is 2.46. The van der Waals surface area contributed by atoms with Gasteiger partial charge in [-0.25, -0.2) is 0 Å². The van der Waals surface area contributed by atoms with Crippen LogP contribution in [0.2, 0.25) is 0 Å². The molecule has 2 aliphatic rings. The van der Waals surface area contributed by atoms with Gasteiger partial charge in [-0.15, -0.1) is 0 Å². The minimum atomic E-state index is -0.749. The first kappa shape index (κ1) is 13.0. The Morgan fingerprint density at radius 2 is 2.15 bits per heavy atom. The van der Waals surface area contributed by atoms with Crippen LogP contribution in [-0.4, -0.2) is 35.6 Å². The van der Waals surface area contributed by atoms with E-state index in [-0.39, 0.29) is 17.7 Å². The molecule has 3 rings (SSSR count). The number of aliphatic carboxylic acids is 1. The van der Waals surface area contributed by atoms with Gasteiger partial charge in [0, 0.05) is 25.4 Å². The zero-order chi connectivity index (χ0) is 14.3. The maximum Gasteiger partial charge on any atom is 0.304 e. The van der Waals surface area contributed by atoms with Crippen LogP contribution in [0.5, 0.6) is 0 Å². The molecule has 2 fully saturated rings. The van der Waals surface area contributed by atoms with E-state index in [0.717, 1.165) is 24.1 Å². The largest absolute Gasteiger partial charge is 0.481 e.